The maximum Gasteiger partial charge on any atom is 0.268 e. The van der Waals surface area contributed by atoms with Crippen molar-refractivity contribution in [3.8, 4) is 5.75 Å². The van der Waals surface area contributed by atoms with Crippen LogP contribution in [-0.2, 0) is 16.1 Å². The minimum Gasteiger partial charge on any atom is -0.496 e. The van der Waals surface area contributed by atoms with Crippen molar-refractivity contribution in [3.63, 3.8) is 0 Å². The number of thioether (sulfide) groups is 1. The van der Waals surface area contributed by atoms with E-state index in [1.54, 1.807) is 42.6 Å². The number of aliphatic hydroxyl groups is 1. The lowest BCUT2D eigenvalue weighted by molar-refractivity contribution is -0.137. The highest BCUT2D eigenvalue weighted by Gasteiger charge is 2.40. The Hall–Kier alpha value is -2.64. The van der Waals surface area contributed by atoms with Crippen LogP contribution in [0.15, 0.2) is 53.6 Å². The normalized spacial score (nSPS) is 14.3. The Balaban J connectivity index is 2.01. The standard InChI is InChI=1S/C19H18N2O4S/c1-25-15-8-3-2-7-14(15)16-17(26-11-10-22)19(24)21(18(16)23)12-13-6-4-5-9-20-13/h2-9,22H,10-12H2,1H3. The van der Waals surface area contributed by atoms with Gasteiger partial charge in [0.1, 0.15) is 5.75 Å². The van der Waals surface area contributed by atoms with Gasteiger partial charge in [-0.25, -0.2) is 0 Å². The minimum atomic E-state index is -0.384. The van der Waals surface area contributed by atoms with Crippen LogP contribution in [0.1, 0.15) is 11.3 Å². The molecule has 0 spiro atoms. The highest BCUT2D eigenvalue weighted by Crippen LogP contribution is 2.39. The molecular formula is C19H18N2O4S. The molecule has 134 valence electrons. The lowest BCUT2D eigenvalue weighted by Crippen LogP contribution is -2.31. The lowest BCUT2D eigenvalue weighted by Gasteiger charge is -2.15. The van der Waals surface area contributed by atoms with E-state index < -0.39 is 0 Å². The molecule has 2 aromatic rings. The van der Waals surface area contributed by atoms with Crippen LogP contribution >= 0.6 is 11.8 Å². The summed E-state index contributed by atoms with van der Waals surface area (Å²) in [5.74, 6) is 0.0841. The van der Waals surface area contributed by atoms with Crippen LogP contribution in [0.2, 0.25) is 0 Å². The number of carbonyl (C=O) groups excluding carboxylic acids is 2. The number of rotatable bonds is 7. The monoisotopic (exact) mass is 370 g/mol. The van der Waals surface area contributed by atoms with Gasteiger partial charge in [-0.3, -0.25) is 19.5 Å². The van der Waals surface area contributed by atoms with E-state index in [-0.39, 0.29) is 25.0 Å². The van der Waals surface area contributed by atoms with E-state index in [9.17, 15) is 9.59 Å². The smallest absolute Gasteiger partial charge is 0.268 e. The average Bonchev–Trinajstić information content (AvgIpc) is 2.91. The molecule has 1 aliphatic rings. The van der Waals surface area contributed by atoms with Crippen LogP contribution in [0.5, 0.6) is 5.75 Å². The highest BCUT2D eigenvalue weighted by atomic mass is 32.2. The Morgan fingerprint density at radius 1 is 1.12 bits per heavy atom. The van der Waals surface area contributed by atoms with Crippen LogP contribution in [0, 0.1) is 0 Å². The van der Waals surface area contributed by atoms with Crippen molar-refractivity contribution in [1.29, 1.82) is 0 Å². The molecular weight excluding hydrogens is 352 g/mol. The Labute approximate surface area is 155 Å². The minimum absolute atomic E-state index is 0.0882. The number of carbonyl (C=O) groups is 2. The summed E-state index contributed by atoms with van der Waals surface area (Å²) in [6.07, 6.45) is 1.62. The average molecular weight is 370 g/mol. The fraction of sp³-hybridized carbons (Fsp3) is 0.211. The Kier molecular flexibility index (Phi) is 5.70. The maximum absolute atomic E-state index is 13.1. The summed E-state index contributed by atoms with van der Waals surface area (Å²) in [5, 5.41) is 9.15. The predicted octanol–water partition coefficient (Wildman–Crippen LogP) is 2.10. The first-order valence-electron chi connectivity index (χ1n) is 8.04. The molecule has 0 saturated heterocycles. The molecule has 3 rings (SSSR count). The first-order chi connectivity index (χ1) is 12.7. The van der Waals surface area contributed by atoms with Gasteiger partial charge in [-0.05, 0) is 18.2 Å². The third-order valence-electron chi connectivity index (χ3n) is 3.89. The molecule has 0 unspecified atom stereocenters. The van der Waals surface area contributed by atoms with Gasteiger partial charge in [0.25, 0.3) is 11.8 Å². The van der Waals surface area contributed by atoms with Gasteiger partial charge < -0.3 is 9.84 Å². The number of pyridine rings is 1. The van der Waals surface area contributed by atoms with E-state index in [2.05, 4.69) is 4.98 Å². The molecule has 0 fully saturated rings. The number of hydrogen-bond donors (Lipinski definition) is 1. The summed E-state index contributed by atoms with van der Waals surface area (Å²) >= 11 is 1.17. The van der Waals surface area contributed by atoms with Gasteiger partial charge in [0.2, 0.25) is 0 Å². The summed E-state index contributed by atoms with van der Waals surface area (Å²) in [4.78, 5) is 31.6. The molecule has 0 aliphatic carbocycles. The van der Waals surface area contributed by atoms with Crippen molar-refractivity contribution < 1.29 is 19.4 Å². The van der Waals surface area contributed by atoms with Crippen LogP contribution in [-0.4, -0.2) is 46.3 Å². The summed E-state index contributed by atoms with van der Waals surface area (Å²) in [5.41, 5.74) is 1.50. The lowest BCUT2D eigenvalue weighted by atomic mass is 10.1. The number of benzene rings is 1. The number of imide groups is 1. The summed E-state index contributed by atoms with van der Waals surface area (Å²) < 4.78 is 5.36. The van der Waals surface area contributed by atoms with Gasteiger partial charge in [0.05, 0.1) is 36.4 Å². The van der Waals surface area contributed by atoms with E-state index in [0.717, 1.165) is 0 Å². The van der Waals surface area contributed by atoms with Gasteiger partial charge in [0.15, 0.2) is 0 Å². The van der Waals surface area contributed by atoms with E-state index in [1.165, 1.54) is 23.8 Å². The number of amides is 2. The quantitative estimate of drug-likeness (QED) is 0.752. The largest absolute Gasteiger partial charge is 0.496 e. The number of nitrogens with zero attached hydrogens (tertiary/aromatic N) is 2. The van der Waals surface area contributed by atoms with Crippen LogP contribution < -0.4 is 4.74 Å². The molecule has 0 bridgehead atoms. The molecule has 1 aliphatic heterocycles. The molecule has 1 N–H and O–H groups in total. The van der Waals surface area contributed by atoms with Gasteiger partial charge >= 0.3 is 0 Å². The van der Waals surface area contributed by atoms with Gasteiger partial charge in [0, 0.05) is 17.5 Å². The van der Waals surface area contributed by atoms with Crippen molar-refractivity contribution in [2.75, 3.05) is 19.5 Å². The zero-order valence-electron chi connectivity index (χ0n) is 14.2. The third kappa shape index (κ3) is 3.49. The number of methoxy groups -OCH3 is 1. The van der Waals surface area contributed by atoms with E-state index in [4.69, 9.17) is 9.84 Å². The second-order valence-electron chi connectivity index (χ2n) is 5.49. The van der Waals surface area contributed by atoms with Crippen molar-refractivity contribution in [1.82, 2.24) is 9.88 Å². The van der Waals surface area contributed by atoms with Crippen LogP contribution in [0.3, 0.4) is 0 Å². The molecule has 2 heterocycles. The summed E-state index contributed by atoms with van der Waals surface area (Å²) in [6, 6.07) is 12.4. The number of hydrogen-bond acceptors (Lipinski definition) is 6. The summed E-state index contributed by atoms with van der Waals surface area (Å²) in [7, 11) is 1.52. The molecule has 0 atom stereocenters. The van der Waals surface area contributed by atoms with E-state index in [1.807, 2.05) is 6.07 Å². The third-order valence-corrected chi connectivity index (χ3v) is 4.94. The number of para-hydroxylation sites is 1. The Bertz CT molecular complexity index is 852. The fourth-order valence-corrected chi connectivity index (χ4v) is 3.59. The van der Waals surface area contributed by atoms with Crippen molar-refractivity contribution >= 4 is 29.1 Å². The number of aromatic nitrogens is 1. The molecule has 1 aromatic carbocycles. The van der Waals surface area contributed by atoms with Gasteiger partial charge in [-0.15, -0.1) is 11.8 Å². The first kappa shape index (κ1) is 18.2. The molecule has 0 radical (unpaired) electrons. The molecule has 0 saturated carbocycles. The maximum atomic E-state index is 13.1. The second-order valence-corrected chi connectivity index (χ2v) is 6.60. The van der Waals surface area contributed by atoms with Crippen molar-refractivity contribution in [2.24, 2.45) is 0 Å². The van der Waals surface area contributed by atoms with Gasteiger partial charge in [-0.1, -0.05) is 24.3 Å². The molecule has 6 nitrogen and oxygen atoms in total. The zero-order valence-corrected chi connectivity index (χ0v) is 15.0. The van der Waals surface area contributed by atoms with E-state index >= 15 is 0 Å². The molecule has 7 heteroatoms. The summed E-state index contributed by atoms with van der Waals surface area (Å²) in [6.45, 7) is 0.00935. The Morgan fingerprint density at radius 3 is 2.58 bits per heavy atom. The molecule has 2 amide bonds. The number of aliphatic hydroxyl groups excluding tert-OH is 1. The predicted molar refractivity (Wildman–Crippen MR) is 99.3 cm³/mol. The topological polar surface area (TPSA) is 79.7 Å². The number of ether oxygens (including phenoxy) is 1. The van der Waals surface area contributed by atoms with Gasteiger partial charge in [-0.2, -0.15) is 0 Å². The first-order valence-corrected chi connectivity index (χ1v) is 9.03. The van der Waals surface area contributed by atoms with Crippen LogP contribution in [0.25, 0.3) is 5.57 Å². The second kappa shape index (κ2) is 8.16. The van der Waals surface area contributed by atoms with Crippen LogP contribution in [0.4, 0.5) is 0 Å². The molecule has 26 heavy (non-hydrogen) atoms. The molecule has 1 aromatic heterocycles. The fourth-order valence-electron chi connectivity index (χ4n) is 2.72. The SMILES string of the molecule is COc1ccccc1C1=C(SCCO)C(=O)N(Cc2ccccn2)C1=O. The zero-order chi connectivity index (χ0) is 18.5. The van der Waals surface area contributed by atoms with E-state index in [0.29, 0.717) is 33.2 Å². The van der Waals surface area contributed by atoms with Crippen molar-refractivity contribution in [3.05, 3.63) is 64.8 Å². The van der Waals surface area contributed by atoms with Crippen molar-refractivity contribution in [2.45, 2.75) is 6.54 Å². The Morgan fingerprint density at radius 2 is 1.88 bits per heavy atom. The highest BCUT2D eigenvalue weighted by molar-refractivity contribution is 8.04.